The standard InChI is InChI=1S/C11H22O3/c1-5-6-10(12)9(4)7-14-11(13)8(2)3/h8-10,12H,5-7H2,1-4H3. The van der Waals surface area contributed by atoms with Crippen LogP contribution in [0.5, 0.6) is 0 Å². The molecular formula is C11H22O3. The average Bonchev–Trinajstić information content (AvgIpc) is 2.13. The summed E-state index contributed by atoms with van der Waals surface area (Å²) in [6.45, 7) is 7.84. The average molecular weight is 202 g/mol. The maximum Gasteiger partial charge on any atom is 0.308 e. The largest absolute Gasteiger partial charge is 0.465 e. The third-order valence-electron chi connectivity index (χ3n) is 2.20. The Morgan fingerprint density at radius 3 is 2.36 bits per heavy atom. The molecule has 0 bridgehead atoms. The summed E-state index contributed by atoms with van der Waals surface area (Å²) >= 11 is 0. The maximum atomic E-state index is 11.1. The van der Waals surface area contributed by atoms with E-state index in [-0.39, 0.29) is 23.9 Å². The van der Waals surface area contributed by atoms with E-state index in [4.69, 9.17) is 4.74 Å². The third-order valence-corrected chi connectivity index (χ3v) is 2.20. The minimum Gasteiger partial charge on any atom is -0.465 e. The van der Waals surface area contributed by atoms with Crippen molar-refractivity contribution in [2.24, 2.45) is 11.8 Å². The van der Waals surface area contributed by atoms with Crippen LogP contribution in [-0.2, 0) is 9.53 Å². The van der Waals surface area contributed by atoms with Crippen molar-refractivity contribution in [2.75, 3.05) is 6.61 Å². The molecule has 0 aromatic heterocycles. The first kappa shape index (κ1) is 13.4. The molecule has 0 spiro atoms. The van der Waals surface area contributed by atoms with Crippen LogP contribution >= 0.6 is 0 Å². The summed E-state index contributed by atoms with van der Waals surface area (Å²) in [7, 11) is 0. The van der Waals surface area contributed by atoms with Crippen molar-refractivity contribution >= 4 is 5.97 Å². The van der Waals surface area contributed by atoms with Crippen molar-refractivity contribution in [1.82, 2.24) is 0 Å². The van der Waals surface area contributed by atoms with Crippen LogP contribution in [0.4, 0.5) is 0 Å². The van der Waals surface area contributed by atoms with E-state index in [0.29, 0.717) is 6.61 Å². The molecule has 1 N–H and O–H groups in total. The number of carbonyl (C=O) groups excluding carboxylic acids is 1. The van der Waals surface area contributed by atoms with Gasteiger partial charge in [0.1, 0.15) is 0 Å². The molecule has 0 aromatic carbocycles. The quantitative estimate of drug-likeness (QED) is 0.670. The fourth-order valence-corrected chi connectivity index (χ4v) is 1.07. The van der Waals surface area contributed by atoms with Gasteiger partial charge < -0.3 is 9.84 Å². The summed E-state index contributed by atoms with van der Waals surface area (Å²) in [6.07, 6.45) is 1.35. The smallest absolute Gasteiger partial charge is 0.308 e. The molecule has 0 aliphatic heterocycles. The summed E-state index contributed by atoms with van der Waals surface area (Å²) < 4.78 is 5.03. The lowest BCUT2D eigenvalue weighted by Crippen LogP contribution is -2.25. The fraction of sp³-hybridized carbons (Fsp3) is 0.909. The molecular weight excluding hydrogens is 180 g/mol. The second-order valence-corrected chi connectivity index (χ2v) is 4.12. The first-order valence-corrected chi connectivity index (χ1v) is 5.33. The summed E-state index contributed by atoms with van der Waals surface area (Å²) in [5, 5.41) is 9.58. The lowest BCUT2D eigenvalue weighted by atomic mass is 10.0. The molecule has 0 amide bonds. The van der Waals surface area contributed by atoms with Crippen molar-refractivity contribution in [3.8, 4) is 0 Å². The molecule has 3 nitrogen and oxygen atoms in total. The monoisotopic (exact) mass is 202 g/mol. The minimum atomic E-state index is -0.361. The Balaban J connectivity index is 3.72. The van der Waals surface area contributed by atoms with E-state index >= 15 is 0 Å². The molecule has 2 atom stereocenters. The predicted octanol–water partition coefficient (Wildman–Crippen LogP) is 1.98. The predicted molar refractivity (Wildman–Crippen MR) is 55.9 cm³/mol. The van der Waals surface area contributed by atoms with E-state index in [2.05, 4.69) is 0 Å². The van der Waals surface area contributed by atoms with Crippen molar-refractivity contribution in [1.29, 1.82) is 0 Å². The molecule has 0 saturated carbocycles. The van der Waals surface area contributed by atoms with Gasteiger partial charge in [0.2, 0.25) is 0 Å². The van der Waals surface area contributed by atoms with E-state index in [9.17, 15) is 9.90 Å². The van der Waals surface area contributed by atoms with Gasteiger partial charge in [0.25, 0.3) is 0 Å². The van der Waals surface area contributed by atoms with Gasteiger partial charge in [-0.05, 0) is 6.42 Å². The number of aliphatic hydroxyl groups is 1. The Morgan fingerprint density at radius 1 is 1.36 bits per heavy atom. The Bertz CT molecular complexity index is 166. The normalized spacial score (nSPS) is 15.3. The van der Waals surface area contributed by atoms with Gasteiger partial charge in [-0.2, -0.15) is 0 Å². The summed E-state index contributed by atoms with van der Waals surface area (Å²) in [6, 6.07) is 0. The molecule has 0 fully saturated rings. The molecule has 0 heterocycles. The van der Waals surface area contributed by atoms with E-state index < -0.39 is 0 Å². The maximum absolute atomic E-state index is 11.1. The number of rotatable bonds is 6. The molecule has 0 aromatic rings. The summed E-state index contributed by atoms with van der Waals surface area (Å²) in [5.41, 5.74) is 0. The van der Waals surface area contributed by atoms with Gasteiger partial charge in [0.15, 0.2) is 0 Å². The number of hydrogen-bond acceptors (Lipinski definition) is 3. The zero-order valence-electron chi connectivity index (χ0n) is 9.62. The lowest BCUT2D eigenvalue weighted by molar-refractivity contribution is -0.149. The highest BCUT2D eigenvalue weighted by Gasteiger charge is 2.16. The second kappa shape index (κ2) is 6.82. The highest BCUT2D eigenvalue weighted by Crippen LogP contribution is 2.10. The molecule has 84 valence electrons. The molecule has 0 aliphatic carbocycles. The van der Waals surface area contributed by atoms with E-state index in [1.807, 2.05) is 13.8 Å². The van der Waals surface area contributed by atoms with Gasteiger partial charge >= 0.3 is 5.97 Å². The first-order chi connectivity index (χ1) is 6.49. The number of hydrogen-bond donors (Lipinski definition) is 1. The molecule has 0 saturated heterocycles. The van der Waals surface area contributed by atoms with Crippen LogP contribution in [0.1, 0.15) is 40.5 Å². The van der Waals surface area contributed by atoms with Crippen molar-refractivity contribution < 1.29 is 14.6 Å². The zero-order chi connectivity index (χ0) is 11.1. The highest BCUT2D eigenvalue weighted by molar-refractivity contribution is 5.71. The fourth-order valence-electron chi connectivity index (χ4n) is 1.07. The topological polar surface area (TPSA) is 46.5 Å². The second-order valence-electron chi connectivity index (χ2n) is 4.12. The number of aliphatic hydroxyl groups excluding tert-OH is 1. The van der Waals surface area contributed by atoms with Gasteiger partial charge in [-0.1, -0.05) is 34.1 Å². The van der Waals surface area contributed by atoms with Crippen LogP contribution in [0.3, 0.4) is 0 Å². The number of carbonyl (C=O) groups is 1. The zero-order valence-corrected chi connectivity index (χ0v) is 9.62. The lowest BCUT2D eigenvalue weighted by Gasteiger charge is -2.18. The summed E-state index contributed by atoms with van der Waals surface area (Å²) in [5.74, 6) is -0.260. The van der Waals surface area contributed by atoms with Crippen LogP contribution in [0.15, 0.2) is 0 Å². The molecule has 3 heteroatoms. The van der Waals surface area contributed by atoms with Crippen LogP contribution in [0.2, 0.25) is 0 Å². The molecule has 14 heavy (non-hydrogen) atoms. The SMILES string of the molecule is CCCC(O)C(C)COC(=O)C(C)C. The Labute approximate surface area is 86.5 Å². The summed E-state index contributed by atoms with van der Waals surface area (Å²) in [4.78, 5) is 11.1. The molecule has 0 aliphatic rings. The number of ether oxygens (including phenoxy) is 1. The van der Waals surface area contributed by atoms with E-state index in [0.717, 1.165) is 12.8 Å². The number of esters is 1. The molecule has 0 radical (unpaired) electrons. The molecule has 0 rings (SSSR count). The van der Waals surface area contributed by atoms with Crippen LogP contribution in [0.25, 0.3) is 0 Å². The van der Waals surface area contributed by atoms with E-state index in [1.54, 1.807) is 13.8 Å². The van der Waals surface area contributed by atoms with Crippen LogP contribution in [0, 0.1) is 11.8 Å². The van der Waals surface area contributed by atoms with Crippen LogP contribution in [-0.4, -0.2) is 23.8 Å². The Kier molecular flexibility index (Phi) is 6.54. The first-order valence-electron chi connectivity index (χ1n) is 5.33. The van der Waals surface area contributed by atoms with Crippen molar-refractivity contribution in [3.05, 3.63) is 0 Å². The van der Waals surface area contributed by atoms with Gasteiger partial charge in [0.05, 0.1) is 18.6 Å². The van der Waals surface area contributed by atoms with Crippen molar-refractivity contribution in [2.45, 2.75) is 46.6 Å². The third kappa shape index (κ3) is 5.22. The van der Waals surface area contributed by atoms with Gasteiger partial charge in [-0.3, -0.25) is 4.79 Å². The van der Waals surface area contributed by atoms with E-state index in [1.165, 1.54) is 0 Å². The van der Waals surface area contributed by atoms with Gasteiger partial charge in [0, 0.05) is 5.92 Å². The van der Waals surface area contributed by atoms with Crippen molar-refractivity contribution in [3.63, 3.8) is 0 Å². The van der Waals surface area contributed by atoms with Crippen LogP contribution < -0.4 is 0 Å². The minimum absolute atomic E-state index is 0.0256. The highest BCUT2D eigenvalue weighted by atomic mass is 16.5. The molecule has 2 unspecified atom stereocenters. The van der Waals surface area contributed by atoms with Gasteiger partial charge in [-0.15, -0.1) is 0 Å². The van der Waals surface area contributed by atoms with Gasteiger partial charge in [-0.25, -0.2) is 0 Å². The Morgan fingerprint density at radius 2 is 1.93 bits per heavy atom. The Hall–Kier alpha value is -0.570.